The first-order valence-corrected chi connectivity index (χ1v) is 5.97. The minimum absolute atomic E-state index is 0.0467. The number of nitrogens with zero attached hydrogens (tertiary/aromatic N) is 1. The molecule has 2 heterocycles. The number of amides is 1. The quantitative estimate of drug-likeness (QED) is 0.662. The van der Waals surface area contributed by atoms with Crippen molar-refractivity contribution < 1.29 is 9.53 Å². The predicted octanol–water partition coefficient (Wildman–Crippen LogP) is -0.719. The molecule has 1 aromatic rings. The van der Waals surface area contributed by atoms with Gasteiger partial charge in [0, 0.05) is 32.4 Å². The molecule has 7 heteroatoms. The Hall–Kier alpha value is -1.60. The summed E-state index contributed by atoms with van der Waals surface area (Å²) in [5.41, 5.74) is 5.59. The van der Waals surface area contributed by atoms with E-state index in [1.54, 1.807) is 12.0 Å². The fourth-order valence-corrected chi connectivity index (χ4v) is 2.32. The van der Waals surface area contributed by atoms with E-state index in [0.29, 0.717) is 13.1 Å². The van der Waals surface area contributed by atoms with E-state index in [9.17, 15) is 9.59 Å². The number of aromatic amines is 2. The molecule has 100 valence electrons. The summed E-state index contributed by atoms with van der Waals surface area (Å²) in [6.07, 6.45) is 3.05. The van der Waals surface area contributed by atoms with Crippen molar-refractivity contribution in [2.45, 2.75) is 25.0 Å². The van der Waals surface area contributed by atoms with Gasteiger partial charge in [-0.25, -0.2) is 4.79 Å². The van der Waals surface area contributed by atoms with Gasteiger partial charge >= 0.3 is 5.69 Å². The van der Waals surface area contributed by atoms with Crippen LogP contribution in [0.15, 0.2) is 11.0 Å². The van der Waals surface area contributed by atoms with Crippen LogP contribution >= 0.6 is 0 Å². The number of rotatable bonds is 3. The fraction of sp³-hybridized carbons (Fsp3) is 0.636. The maximum atomic E-state index is 12.2. The number of likely N-dealkylation sites (tertiary alicyclic amines) is 1. The van der Waals surface area contributed by atoms with Gasteiger partial charge in [-0.3, -0.25) is 4.79 Å². The van der Waals surface area contributed by atoms with Gasteiger partial charge in [-0.2, -0.15) is 0 Å². The first-order chi connectivity index (χ1) is 8.65. The molecule has 0 aliphatic carbocycles. The lowest BCUT2D eigenvalue weighted by molar-refractivity contribution is 0.0136. The van der Waals surface area contributed by atoms with Crippen molar-refractivity contribution in [3.05, 3.63) is 22.4 Å². The largest absolute Gasteiger partial charge is 0.381 e. The average Bonchev–Trinajstić information content (AvgIpc) is 2.83. The van der Waals surface area contributed by atoms with E-state index in [1.807, 2.05) is 0 Å². The SMILES string of the molecule is COC1CCN(C(=O)c2c[nH]c(=O)[nH]2)C(CN)C1. The van der Waals surface area contributed by atoms with Gasteiger partial charge in [0.15, 0.2) is 0 Å². The van der Waals surface area contributed by atoms with Crippen LogP contribution in [-0.4, -0.2) is 53.1 Å². The molecule has 1 fully saturated rings. The zero-order chi connectivity index (χ0) is 13.1. The molecule has 0 spiro atoms. The third-order valence-electron chi connectivity index (χ3n) is 3.36. The molecule has 7 nitrogen and oxygen atoms in total. The number of imidazole rings is 1. The van der Waals surface area contributed by atoms with Crippen LogP contribution in [0.2, 0.25) is 0 Å². The van der Waals surface area contributed by atoms with E-state index in [-0.39, 0.29) is 29.4 Å². The normalized spacial score (nSPS) is 24.2. The summed E-state index contributed by atoms with van der Waals surface area (Å²) in [4.78, 5) is 29.8. The number of hydrogen-bond donors (Lipinski definition) is 3. The number of methoxy groups -OCH3 is 1. The third-order valence-corrected chi connectivity index (χ3v) is 3.36. The lowest BCUT2D eigenvalue weighted by Gasteiger charge is -2.38. The van der Waals surface area contributed by atoms with Crippen LogP contribution in [0, 0.1) is 0 Å². The third kappa shape index (κ3) is 2.46. The second kappa shape index (κ2) is 5.36. The minimum atomic E-state index is -0.380. The molecule has 2 atom stereocenters. The topological polar surface area (TPSA) is 104 Å². The Bertz CT molecular complexity index is 467. The summed E-state index contributed by atoms with van der Waals surface area (Å²) in [5.74, 6) is -0.196. The Morgan fingerprint density at radius 2 is 2.44 bits per heavy atom. The van der Waals surface area contributed by atoms with Crippen molar-refractivity contribution in [2.24, 2.45) is 5.73 Å². The van der Waals surface area contributed by atoms with Crippen LogP contribution in [0.5, 0.6) is 0 Å². The van der Waals surface area contributed by atoms with Gasteiger partial charge < -0.3 is 25.3 Å². The monoisotopic (exact) mass is 254 g/mol. The van der Waals surface area contributed by atoms with E-state index in [2.05, 4.69) is 9.97 Å². The summed E-state index contributed by atoms with van der Waals surface area (Å²) >= 11 is 0. The summed E-state index contributed by atoms with van der Waals surface area (Å²) in [5, 5.41) is 0. The Morgan fingerprint density at radius 1 is 1.67 bits per heavy atom. The van der Waals surface area contributed by atoms with Crippen molar-refractivity contribution in [3.8, 4) is 0 Å². The Labute approximate surface area is 104 Å². The summed E-state index contributed by atoms with van der Waals surface area (Å²) in [6, 6.07) is -0.0467. The second-order valence-electron chi connectivity index (χ2n) is 4.43. The maximum absolute atomic E-state index is 12.2. The molecule has 0 saturated carbocycles. The molecule has 4 N–H and O–H groups in total. The van der Waals surface area contributed by atoms with Gasteiger partial charge in [-0.05, 0) is 12.8 Å². The van der Waals surface area contributed by atoms with E-state index in [4.69, 9.17) is 10.5 Å². The van der Waals surface area contributed by atoms with Gasteiger partial charge in [-0.1, -0.05) is 0 Å². The first-order valence-electron chi connectivity index (χ1n) is 5.97. The molecular weight excluding hydrogens is 236 g/mol. The Balaban J connectivity index is 2.12. The van der Waals surface area contributed by atoms with E-state index in [0.717, 1.165) is 12.8 Å². The Kier molecular flexibility index (Phi) is 3.83. The van der Waals surface area contributed by atoms with Crippen LogP contribution in [0.3, 0.4) is 0 Å². The van der Waals surface area contributed by atoms with Gasteiger partial charge in [-0.15, -0.1) is 0 Å². The number of nitrogens with two attached hydrogens (primary N) is 1. The number of ether oxygens (including phenoxy) is 1. The minimum Gasteiger partial charge on any atom is -0.381 e. The smallest absolute Gasteiger partial charge is 0.323 e. The van der Waals surface area contributed by atoms with Crippen LogP contribution in [0.1, 0.15) is 23.3 Å². The highest BCUT2D eigenvalue weighted by molar-refractivity contribution is 5.92. The summed E-state index contributed by atoms with van der Waals surface area (Å²) < 4.78 is 5.30. The van der Waals surface area contributed by atoms with Gasteiger partial charge in [0.1, 0.15) is 5.69 Å². The first kappa shape index (κ1) is 12.8. The standard InChI is InChI=1S/C11H18N4O3/c1-18-8-2-3-15(7(4-8)5-12)10(16)9-6-13-11(17)14-9/h6-8H,2-5,12H2,1H3,(H2,13,14,17). The molecule has 0 radical (unpaired) electrons. The molecule has 0 bridgehead atoms. The van der Waals surface area contributed by atoms with Crippen LogP contribution in [0.25, 0.3) is 0 Å². The lowest BCUT2D eigenvalue weighted by Crippen LogP contribution is -2.51. The molecule has 0 aromatic carbocycles. The lowest BCUT2D eigenvalue weighted by atomic mass is 9.99. The van der Waals surface area contributed by atoms with Crippen molar-refractivity contribution >= 4 is 5.91 Å². The molecule has 1 aliphatic heterocycles. The van der Waals surface area contributed by atoms with Crippen LogP contribution in [-0.2, 0) is 4.74 Å². The molecule has 2 unspecified atom stereocenters. The van der Waals surface area contributed by atoms with Crippen molar-refractivity contribution in [2.75, 3.05) is 20.2 Å². The second-order valence-corrected chi connectivity index (χ2v) is 4.43. The van der Waals surface area contributed by atoms with Crippen LogP contribution < -0.4 is 11.4 Å². The van der Waals surface area contributed by atoms with E-state index in [1.165, 1.54) is 6.20 Å². The highest BCUT2D eigenvalue weighted by Crippen LogP contribution is 2.20. The van der Waals surface area contributed by atoms with E-state index >= 15 is 0 Å². The van der Waals surface area contributed by atoms with Crippen molar-refractivity contribution in [1.82, 2.24) is 14.9 Å². The maximum Gasteiger partial charge on any atom is 0.323 e. The van der Waals surface area contributed by atoms with Gasteiger partial charge in [0.25, 0.3) is 5.91 Å². The van der Waals surface area contributed by atoms with Gasteiger partial charge in [0.05, 0.1) is 6.10 Å². The predicted molar refractivity (Wildman–Crippen MR) is 65.3 cm³/mol. The van der Waals surface area contributed by atoms with Gasteiger partial charge in [0.2, 0.25) is 0 Å². The Morgan fingerprint density at radius 3 is 3.00 bits per heavy atom. The highest BCUT2D eigenvalue weighted by Gasteiger charge is 2.31. The zero-order valence-corrected chi connectivity index (χ0v) is 10.3. The average molecular weight is 254 g/mol. The number of hydrogen-bond acceptors (Lipinski definition) is 4. The summed E-state index contributed by atoms with van der Waals surface area (Å²) in [7, 11) is 1.67. The molecule has 1 aliphatic rings. The highest BCUT2D eigenvalue weighted by atomic mass is 16.5. The number of carbonyl (C=O) groups excluding carboxylic acids is 1. The number of aromatic nitrogens is 2. The van der Waals surface area contributed by atoms with Crippen LogP contribution in [0.4, 0.5) is 0 Å². The molecule has 1 aromatic heterocycles. The number of H-pyrrole nitrogens is 2. The molecule has 1 amide bonds. The van der Waals surface area contributed by atoms with Crippen molar-refractivity contribution in [1.29, 1.82) is 0 Å². The van der Waals surface area contributed by atoms with Crippen molar-refractivity contribution in [3.63, 3.8) is 0 Å². The molecule has 2 rings (SSSR count). The molecule has 1 saturated heterocycles. The fourth-order valence-electron chi connectivity index (χ4n) is 2.32. The summed E-state index contributed by atoms with van der Waals surface area (Å²) in [6.45, 7) is 0.979. The number of nitrogens with one attached hydrogen (secondary N) is 2. The number of carbonyl (C=O) groups is 1. The molecule has 18 heavy (non-hydrogen) atoms. The zero-order valence-electron chi connectivity index (χ0n) is 10.3. The van der Waals surface area contributed by atoms with E-state index < -0.39 is 0 Å². The number of piperidine rings is 1. The molecular formula is C11H18N4O3.